The second-order valence-corrected chi connectivity index (χ2v) is 2.26. The van der Waals surface area contributed by atoms with E-state index in [4.69, 9.17) is 4.74 Å². The van der Waals surface area contributed by atoms with Crippen LogP contribution in [-0.4, -0.2) is 12.2 Å². The molecule has 0 saturated carbocycles. The molecule has 0 N–H and O–H groups in total. The fourth-order valence-electron chi connectivity index (χ4n) is 0.922. The minimum Gasteiger partial charge on any atom is -0.369 e. The molecule has 0 radical (unpaired) electrons. The van der Waals surface area contributed by atoms with Crippen molar-refractivity contribution in [2.24, 2.45) is 0 Å². The molecule has 1 aliphatic rings. The molecular formula is C8H12O. The first-order valence-electron chi connectivity index (χ1n) is 3.25. The number of epoxide rings is 1. The van der Waals surface area contributed by atoms with Gasteiger partial charge in [0.2, 0.25) is 0 Å². The monoisotopic (exact) mass is 124 g/mol. The molecule has 9 heavy (non-hydrogen) atoms. The highest BCUT2D eigenvalue weighted by Crippen LogP contribution is 2.28. The highest BCUT2D eigenvalue weighted by molar-refractivity contribution is 4.93. The van der Waals surface area contributed by atoms with Gasteiger partial charge in [0, 0.05) is 0 Å². The molecule has 2 atom stereocenters. The summed E-state index contributed by atoms with van der Waals surface area (Å²) < 4.78 is 5.26. The van der Waals surface area contributed by atoms with Crippen LogP contribution >= 0.6 is 0 Å². The topological polar surface area (TPSA) is 12.5 Å². The van der Waals surface area contributed by atoms with Gasteiger partial charge in [0.1, 0.15) is 0 Å². The van der Waals surface area contributed by atoms with Crippen molar-refractivity contribution in [1.29, 1.82) is 0 Å². The van der Waals surface area contributed by atoms with Crippen LogP contribution in [0.25, 0.3) is 0 Å². The minimum atomic E-state index is 0.445. The van der Waals surface area contributed by atoms with E-state index in [2.05, 4.69) is 13.2 Å². The van der Waals surface area contributed by atoms with Gasteiger partial charge in [-0.2, -0.15) is 0 Å². The molecule has 1 heteroatoms. The molecule has 0 aromatic carbocycles. The lowest BCUT2D eigenvalue weighted by molar-refractivity contribution is 0.372. The molecule has 2 unspecified atom stereocenters. The molecular weight excluding hydrogens is 112 g/mol. The van der Waals surface area contributed by atoms with Crippen molar-refractivity contribution in [2.45, 2.75) is 25.0 Å². The predicted octanol–water partition coefficient (Wildman–Crippen LogP) is 1.91. The fourth-order valence-corrected chi connectivity index (χ4v) is 0.922. The van der Waals surface area contributed by atoms with Gasteiger partial charge in [-0.1, -0.05) is 12.2 Å². The Morgan fingerprint density at radius 3 is 1.89 bits per heavy atom. The highest BCUT2D eigenvalue weighted by Gasteiger charge is 2.35. The Labute approximate surface area is 56.0 Å². The molecule has 1 nitrogen and oxygen atoms in total. The summed E-state index contributed by atoms with van der Waals surface area (Å²) in [4.78, 5) is 0. The third-order valence-electron chi connectivity index (χ3n) is 1.49. The SMILES string of the molecule is C=CCC1OC1CC=C. The largest absolute Gasteiger partial charge is 0.369 e. The van der Waals surface area contributed by atoms with E-state index >= 15 is 0 Å². The predicted molar refractivity (Wildman–Crippen MR) is 38.3 cm³/mol. The van der Waals surface area contributed by atoms with Crippen LogP contribution in [0, 0.1) is 0 Å². The van der Waals surface area contributed by atoms with Crippen LogP contribution in [0.2, 0.25) is 0 Å². The molecule has 0 aromatic heterocycles. The van der Waals surface area contributed by atoms with Crippen molar-refractivity contribution in [1.82, 2.24) is 0 Å². The van der Waals surface area contributed by atoms with Crippen LogP contribution in [0.1, 0.15) is 12.8 Å². The Balaban J connectivity index is 2.09. The van der Waals surface area contributed by atoms with Gasteiger partial charge < -0.3 is 4.74 Å². The summed E-state index contributed by atoms with van der Waals surface area (Å²) in [6.07, 6.45) is 6.65. The van der Waals surface area contributed by atoms with Crippen LogP contribution in [-0.2, 0) is 4.74 Å². The molecule has 0 aromatic rings. The maximum Gasteiger partial charge on any atom is 0.0879 e. The standard InChI is InChI=1S/C8H12O/c1-3-5-7-8(9-7)6-4-2/h3-4,7-8H,1-2,5-6H2. The lowest BCUT2D eigenvalue weighted by Gasteiger charge is -1.81. The van der Waals surface area contributed by atoms with Gasteiger partial charge in [-0.3, -0.25) is 0 Å². The smallest absolute Gasteiger partial charge is 0.0879 e. The summed E-state index contributed by atoms with van der Waals surface area (Å²) in [5.41, 5.74) is 0. The molecule has 1 fully saturated rings. The number of hydrogen-bond donors (Lipinski definition) is 0. The number of ether oxygens (including phenoxy) is 1. The Morgan fingerprint density at radius 2 is 1.56 bits per heavy atom. The van der Waals surface area contributed by atoms with Crippen molar-refractivity contribution in [2.75, 3.05) is 0 Å². The van der Waals surface area contributed by atoms with E-state index in [-0.39, 0.29) is 0 Å². The van der Waals surface area contributed by atoms with E-state index in [0.717, 1.165) is 12.8 Å². The van der Waals surface area contributed by atoms with Gasteiger partial charge in [-0.15, -0.1) is 13.2 Å². The summed E-state index contributed by atoms with van der Waals surface area (Å²) in [6, 6.07) is 0. The van der Waals surface area contributed by atoms with Crippen molar-refractivity contribution in [3.8, 4) is 0 Å². The zero-order chi connectivity index (χ0) is 6.69. The van der Waals surface area contributed by atoms with E-state index in [1.54, 1.807) is 0 Å². The van der Waals surface area contributed by atoms with Gasteiger partial charge in [0.05, 0.1) is 12.2 Å². The van der Waals surface area contributed by atoms with Crippen LogP contribution in [0.3, 0.4) is 0 Å². The molecule has 0 amide bonds. The average Bonchev–Trinajstić information content (AvgIpc) is 2.50. The summed E-state index contributed by atoms with van der Waals surface area (Å²) >= 11 is 0. The zero-order valence-electron chi connectivity index (χ0n) is 5.55. The third-order valence-corrected chi connectivity index (χ3v) is 1.49. The summed E-state index contributed by atoms with van der Waals surface area (Å²) in [5.74, 6) is 0. The molecule has 0 bridgehead atoms. The Morgan fingerprint density at radius 1 is 1.11 bits per heavy atom. The summed E-state index contributed by atoms with van der Waals surface area (Å²) in [6.45, 7) is 7.26. The van der Waals surface area contributed by atoms with Gasteiger partial charge in [0.15, 0.2) is 0 Å². The van der Waals surface area contributed by atoms with E-state index < -0.39 is 0 Å². The maximum absolute atomic E-state index is 5.26. The Bertz CT molecular complexity index is 104. The van der Waals surface area contributed by atoms with Crippen LogP contribution in [0.15, 0.2) is 25.3 Å². The van der Waals surface area contributed by atoms with E-state index in [0.29, 0.717) is 12.2 Å². The molecule has 1 rings (SSSR count). The Kier molecular flexibility index (Phi) is 2.06. The van der Waals surface area contributed by atoms with Crippen LogP contribution < -0.4 is 0 Å². The maximum atomic E-state index is 5.26. The molecule has 0 aliphatic carbocycles. The first-order chi connectivity index (χ1) is 4.38. The first kappa shape index (κ1) is 6.56. The van der Waals surface area contributed by atoms with Crippen molar-refractivity contribution < 1.29 is 4.74 Å². The van der Waals surface area contributed by atoms with E-state index in [1.165, 1.54) is 0 Å². The number of rotatable bonds is 4. The third kappa shape index (κ3) is 1.68. The molecule has 1 aliphatic heterocycles. The van der Waals surface area contributed by atoms with E-state index in [9.17, 15) is 0 Å². The molecule has 1 saturated heterocycles. The van der Waals surface area contributed by atoms with Crippen molar-refractivity contribution in [3.63, 3.8) is 0 Å². The molecule has 1 heterocycles. The summed E-state index contributed by atoms with van der Waals surface area (Å²) in [7, 11) is 0. The second-order valence-electron chi connectivity index (χ2n) is 2.26. The molecule has 0 spiro atoms. The van der Waals surface area contributed by atoms with Gasteiger partial charge in [-0.05, 0) is 12.8 Å². The second kappa shape index (κ2) is 2.83. The van der Waals surface area contributed by atoms with Crippen molar-refractivity contribution in [3.05, 3.63) is 25.3 Å². The lowest BCUT2D eigenvalue weighted by Crippen LogP contribution is -1.88. The normalized spacial score (nSPS) is 31.6. The van der Waals surface area contributed by atoms with Gasteiger partial charge in [-0.25, -0.2) is 0 Å². The Hall–Kier alpha value is -0.560. The highest BCUT2D eigenvalue weighted by atomic mass is 16.6. The molecule has 50 valence electrons. The van der Waals surface area contributed by atoms with Crippen LogP contribution in [0.5, 0.6) is 0 Å². The van der Waals surface area contributed by atoms with Gasteiger partial charge in [0.25, 0.3) is 0 Å². The lowest BCUT2D eigenvalue weighted by atomic mass is 10.2. The van der Waals surface area contributed by atoms with Crippen molar-refractivity contribution >= 4 is 0 Å². The average molecular weight is 124 g/mol. The first-order valence-corrected chi connectivity index (χ1v) is 3.25. The minimum absolute atomic E-state index is 0.445. The van der Waals surface area contributed by atoms with Crippen LogP contribution in [0.4, 0.5) is 0 Å². The number of hydrogen-bond acceptors (Lipinski definition) is 1. The van der Waals surface area contributed by atoms with E-state index in [1.807, 2.05) is 12.2 Å². The summed E-state index contributed by atoms with van der Waals surface area (Å²) in [5, 5.41) is 0. The fraction of sp³-hybridized carbons (Fsp3) is 0.500. The zero-order valence-corrected chi connectivity index (χ0v) is 5.55. The quantitative estimate of drug-likeness (QED) is 0.412. The van der Waals surface area contributed by atoms with Gasteiger partial charge >= 0.3 is 0 Å².